The normalized spacial score (nSPS) is 19.2. The molecule has 1 aromatic heterocycles. The highest BCUT2D eigenvalue weighted by Crippen LogP contribution is 2.38. The second-order valence-electron chi connectivity index (χ2n) is 5.20. The highest BCUT2D eigenvalue weighted by atomic mass is 15.3. The maximum absolute atomic E-state index is 4.40. The molecule has 2 atom stereocenters. The third-order valence-corrected chi connectivity index (χ3v) is 3.90. The molecule has 1 N–H and O–H groups in total. The summed E-state index contributed by atoms with van der Waals surface area (Å²) in [6.45, 7) is 5.51. The molecule has 4 nitrogen and oxygen atoms in total. The Morgan fingerprint density at radius 2 is 2.29 bits per heavy atom. The first-order chi connectivity index (χ1) is 8.26. The number of rotatable bonds is 7. The summed E-state index contributed by atoms with van der Waals surface area (Å²) < 4.78 is 2.05. The molecule has 0 bridgehead atoms. The molecule has 1 aliphatic carbocycles. The zero-order valence-corrected chi connectivity index (χ0v) is 11.2. The molecule has 96 valence electrons. The average Bonchev–Trinajstić information content (AvgIpc) is 3.09. The first-order valence-electron chi connectivity index (χ1n) is 6.80. The Morgan fingerprint density at radius 3 is 2.88 bits per heavy atom. The largest absolute Gasteiger partial charge is 0.316 e. The van der Waals surface area contributed by atoms with Gasteiger partial charge in [-0.3, -0.25) is 4.68 Å². The Bertz CT molecular complexity index is 343. The molecule has 1 aliphatic rings. The van der Waals surface area contributed by atoms with Gasteiger partial charge < -0.3 is 5.32 Å². The molecule has 0 aliphatic heterocycles. The van der Waals surface area contributed by atoms with Crippen molar-refractivity contribution in [2.45, 2.75) is 52.1 Å². The molecule has 1 heterocycles. The van der Waals surface area contributed by atoms with E-state index in [-0.39, 0.29) is 0 Å². The molecule has 0 radical (unpaired) electrons. The van der Waals surface area contributed by atoms with Crippen LogP contribution in [0.25, 0.3) is 0 Å². The van der Waals surface area contributed by atoms with Gasteiger partial charge in [-0.1, -0.05) is 13.8 Å². The summed E-state index contributed by atoms with van der Waals surface area (Å²) in [5.41, 5.74) is 0. The van der Waals surface area contributed by atoms with E-state index in [0.717, 1.165) is 37.0 Å². The molecule has 2 unspecified atom stereocenters. The van der Waals surface area contributed by atoms with Crippen LogP contribution in [-0.2, 0) is 13.0 Å². The second kappa shape index (κ2) is 5.63. The van der Waals surface area contributed by atoms with Gasteiger partial charge in [0.2, 0.25) is 0 Å². The molecule has 1 aromatic rings. The van der Waals surface area contributed by atoms with Crippen molar-refractivity contribution >= 4 is 0 Å². The van der Waals surface area contributed by atoms with Crippen LogP contribution in [0.5, 0.6) is 0 Å². The first-order valence-corrected chi connectivity index (χ1v) is 6.80. The van der Waals surface area contributed by atoms with Crippen molar-refractivity contribution in [1.82, 2.24) is 20.1 Å². The predicted octanol–water partition coefficient (Wildman–Crippen LogP) is 1.86. The van der Waals surface area contributed by atoms with E-state index in [4.69, 9.17) is 0 Å². The molecule has 1 fully saturated rings. The van der Waals surface area contributed by atoms with Gasteiger partial charge in [-0.25, -0.2) is 4.98 Å². The minimum Gasteiger partial charge on any atom is -0.316 e. The molecule has 1 saturated carbocycles. The number of nitrogens with one attached hydrogen (secondary N) is 1. The van der Waals surface area contributed by atoms with Gasteiger partial charge in [0.1, 0.15) is 12.2 Å². The Kier molecular flexibility index (Phi) is 4.15. The number of hydrogen-bond acceptors (Lipinski definition) is 3. The van der Waals surface area contributed by atoms with Crippen LogP contribution in [0.3, 0.4) is 0 Å². The number of aromatic nitrogens is 3. The van der Waals surface area contributed by atoms with E-state index in [1.807, 2.05) is 4.68 Å². The van der Waals surface area contributed by atoms with Crippen LogP contribution in [0, 0.1) is 11.8 Å². The summed E-state index contributed by atoms with van der Waals surface area (Å²) in [4.78, 5) is 4.40. The lowest BCUT2D eigenvalue weighted by atomic mass is 9.94. The molecular formula is C13H24N4. The summed E-state index contributed by atoms with van der Waals surface area (Å²) >= 11 is 0. The van der Waals surface area contributed by atoms with Crippen LogP contribution in [0.4, 0.5) is 0 Å². The van der Waals surface area contributed by atoms with E-state index in [1.165, 1.54) is 12.8 Å². The lowest BCUT2D eigenvalue weighted by Gasteiger charge is -2.23. The minimum atomic E-state index is 0.530. The standard InChI is InChI=1S/C13H24N4/c1-4-7-17-13(15-9-16-17)8-12(14-3)10(2)11-5-6-11/h9-12,14H,4-8H2,1-3H3. The summed E-state index contributed by atoms with van der Waals surface area (Å²) in [5, 5.41) is 7.74. The van der Waals surface area contributed by atoms with Crippen LogP contribution >= 0.6 is 0 Å². The molecule has 4 heteroatoms. The zero-order chi connectivity index (χ0) is 12.3. The molecule has 0 amide bonds. The van der Waals surface area contributed by atoms with Crippen LogP contribution in [0.2, 0.25) is 0 Å². The Balaban J connectivity index is 1.98. The maximum atomic E-state index is 4.40. The fraction of sp³-hybridized carbons (Fsp3) is 0.846. The summed E-state index contributed by atoms with van der Waals surface area (Å²) in [5.74, 6) is 2.79. The first kappa shape index (κ1) is 12.6. The SMILES string of the molecule is CCCn1ncnc1CC(NC)C(C)C1CC1. The topological polar surface area (TPSA) is 42.7 Å². The number of likely N-dealkylation sites (N-methyl/N-ethyl adjacent to an activating group) is 1. The van der Waals surface area contributed by atoms with E-state index in [9.17, 15) is 0 Å². The van der Waals surface area contributed by atoms with Crippen molar-refractivity contribution in [3.63, 3.8) is 0 Å². The van der Waals surface area contributed by atoms with Gasteiger partial charge in [-0.2, -0.15) is 5.10 Å². The molecule has 0 spiro atoms. The van der Waals surface area contributed by atoms with Gasteiger partial charge in [0.15, 0.2) is 0 Å². The van der Waals surface area contributed by atoms with Crippen molar-refractivity contribution in [3.05, 3.63) is 12.2 Å². The van der Waals surface area contributed by atoms with Gasteiger partial charge in [0.25, 0.3) is 0 Å². The highest BCUT2D eigenvalue weighted by Gasteiger charge is 2.33. The quantitative estimate of drug-likeness (QED) is 0.786. The smallest absolute Gasteiger partial charge is 0.138 e. The Labute approximate surface area is 104 Å². The lowest BCUT2D eigenvalue weighted by molar-refractivity contribution is 0.347. The van der Waals surface area contributed by atoms with Crippen molar-refractivity contribution in [3.8, 4) is 0 Å². The number of hydrogen-bond donors (Lipinski definition) is 1. The van der Waals surface area contributed by atoms with Gasteiger partial charge in [-0.15, -0.1) is 0 Å². The minimum absolute atomic E-state index is 0.530. The van der Waals surface area contributed by atoms with Gasteiger partial charge in [-0.05, 0) is 38.1 Å². The summed E-state index contributed by atoms with van der Waals surface area (Å²) in [6, 6.07) is 0.530. The fourth-order valence-corrected chi connectivity index (χ4v) is 2.54. The van der Waals surface area contributed by atoms with E-state index < -0.39 is 0 Å². The van der Waals surface area contributed by atoms with Crippen molar-refractivity contribution < 1.29 is 0 Å². The van der Waals surface area contributed by atoms with Gasteiger partial charge >= 0.3 is 0 Å². The number of aryl methyl sites for hydroxylation is 1. The summed E-state index contributed by atoms with van der Waals surface area (Å²) in [6.07, 6.45) is 6.59. The number of nitrogens with zero attached hydrogens (tertiary/aromatic N) is 3. The predicted molar refractivity (Wildman–Crippen MR) is 68.8 cm³/mol. The monoisotopic (exact) mass is 236 g/mol. The van der Waals surface area contributed by atoms with Crippen molar-refractivity contribution in [1.29, 1.82) is 0 Å². The lowest BCUT2D eigenvalue weighted by Crippen LogP contribution is -2.36. The van der Waals surface area contributed by atoms with Gasteiger partial charge in [0, 0.05) is 19.0 Å². The third-order valence-electron chi connectivity index (χ3n) is 3.90. The van der Waals surface area contributed by atoms with Crippen LogP contribution in [-0.4, -0.2) is 27.9 Å². The van der Waals surface area contributed by atoms with Crippen LogP contribution in [0.1, 0.15) is 38.9 Å². The van der Waals surface area contributed by atoms with Crippen LogP contribution < -0.4 is 5.32 Å². The molecule has 0 saturated heterocycles. The average molecular weight is 236 g/mol. The van der Waals surface area contributed by atoms with E-state index in [1.54, 1.807) is 6.33 Å². The maximum Gasteiger partial charge on any atom is 0.138 e. The Morgan fingerprint density at radius 1 is 1.53 bits per heavy atom. The zero-order valence-electron chi connectivity index (χ0n) is 11.2. The Hall–Kier alpha value is -0.900. The van der Waals surface area contributed by atoms with Crippen LogP contribution in [0.15, 0.2) is 6.33 Å². The van der Waals surface area contributed by atoms with Crippen molar-refractivity contribution in [2.75, 3.05) is 7.05 Å². The molecular weight excluding hydrogens is 212 g/mol. The molecule has 0 aromatic carbocycles. The molecule has 2 rings (SSSR count). The van der Waals surface area contributed by atoms with Gasteiger partial charge in [0.05, 0.1) is 0 Å². The van der Waals surface area contributed by atoms with E-state index in [0.29, 0.717) is 6.04 Å². The van der Waals surface area contributed by atoms with Crippen molar-refractivity contribution in [2.24, 2.45) is 11.8 Å². The second-order valence-corrected chi connectivity index (χ2v) is 5.20. The van der Waals surface area contributed by atoms with E-state index >= 15 is 0 Å². The summed E-state index contributed by atoms with van der Waals surface area (Å²) in [7, 11) is 2.06. The van der Waals surface area contributed by atoms with E-state index in [2.05, 4.69) is 36.3 Å². The third kappa shape index (κ3) is 3.06. The fourth-order valence-electron chi connectivity index (χ4n) is 2.54. The highest BCUT2D eigenvalue weighted by molar-refractivity contribution is 4.94. The molecule has 17 heavy (non-hydrogen) atoms.